The Kier molecular flexibility index (Phi) is 3.96. The quantitative estimate of drug-likeness (QED) is 0.928. The summed E-state index contributed by atoms with van der Waals surface area (Å²) in [6.07, 6.45) is 0. The maximum Gasteiger partial charge on any atom is 0.263 e. The lowest BCUT2D eigenvalue weighted by molar-refractivity contribution is 0.354. The Balaban J connectivity index is 1.90. The van der Waals surface area contributed by atoms with Gasteiger partial charge in [-0.3, -0.25) is 9.71 Å². The maximum atomic E-state index is 12.0. The number of nitrogens with one attached hydrogen (secondary N) is 1. The van der Waals surface area contributed by atoms with Gasteiger partial charge in [0.15, 0.2) is 11.5 Å². The molecule has 0 unspecified atom stereocenters. The molecule has 7 heteroatoms. The molecular formula is C16H16N2O4S. The van der Waals surface area contributed by atoms with Crippen molar-refractivity contribution >= 4 is 15.9 Å². The van der Waals surface area contributed by atoms with Crippen LogP contribution in [0.25, 0.3) is 0 Å². The molecule has 0 fully saturated rings. The number of rotatable bonds is 4. The third kappa shape index (κ3) is 2.87. The number of nitrogens with zero attached hydrogens (tertiary/aromatic N) is 1. The van der Waals surface area contributed by atoms with E-state index in [0.717, 1.165) is 5.56 Å². The first-order valence-corrected chi connectivity index (χ1v) is 8.41. The van der Waals surface area contributed by atoms with E-state index < -0.39 is 10.0 Å². The van der Waals surface area contributed by atoms with Gasteiger partial charge in [0, 0.05) is 5.56 Å². The van der Waals surface area contributed by atoms with Gasteiger partial charge in [0.1, 0.15) is 5.84 Å². The van der Waals surface area contributed by atoms with Gasteiger partial charge in [0.2, 0.25) is 0 Å². The fourth-order valence-corrected chi connectivity index (χ4v) is 3.65. The molecule has 0 aromatic heterocycles. The van der Waals surface area contributed by atoms with Crippen molar-refractivity contribution in [3.63, 3.8) is 0 Å². The number of hydrogen-bond donors (Lipinski definition) is 1. The molecule has 0 saturated carbocycles. The van der Waals surface area contributed by atoms with Crippen molar-refractivity contribution in [1.29, 1.82) is 0 Å². The zero-order valence-corrected chi connectivity index (χ0v) is 13.6. The van der Waals surface area contributed by atoms with Gasteiger partial charge in [-0.25, -0.2) is 8.42 Å². The van der Waals surface area contributed by atoms with Gasteiger partial charge >= 0.3 is 0 Å². The van der Waals surface area contributed by atoms with Crippen LogP contribution >= 0.6 is 0 Å². The van der Waals surface area contributed by atoms with Crippen LogP contribution in [0.3, 0.4) is 0 Å². The van der Waals surface area contributed by atoms with Crippen molar-refractivity contribution in [3.8, 4) is 11.5 Å². The van der Waals surface area contributed by atoms with Gasteiger partial charge in [-0.1, -0.05) is 18.2 Å². The Morgan fingerprint density at radius 2 is 1.78 bits per heavy atom. The summed E-state index contributed by atoms with van der Waals surface area (Å²) >= 11 is 0. The van der Waals surface area contributed by atoms with Gasteiger partial charge in [-0.15, -0.1) is 0 Å². The molecule has 0 atom stereocenters. The van der Waals surface area contributed by atoms with Gasteiger partial charge in [-0.2, -0.15) is 0 Å². The maximum absolute atomic E-state index is 12.0. The zero-order valence-electron chi connectivity index (χ0n) is 12.7. The highest BCUT2D eigenvalue weighted by molar-refractivity contribution is 7.90. The van der Waals surface area contributed by atoms with E-state index in [4.69, 9.17) is 9.47 Å². The van der Waals surface area contributed by atoms with E-state index in [-0.39, 0.29) is 4.90 Å². The van der Waals surface area contributed by atoms with Crippen LogP contribution < -0.4 is 14.2 Å². The van der Waals surface area contributed by atoms with Crippen LogP contribution in [0, 0.1) is 0 Å². The smallest absolute Gasteiger partial charge is 0.263 e. The Bertz CT molecular complexity index is 875. The van der Waals surface area contributed by atoms with E-state index in [9.17, 15) is 8.42 Å². The minimum atomic E-state index is -3.51. The Hall–Kier alpha value is -2.54. The number of sulfonamides is 1. The van der Waals surface area contributed by atoms with Gasteiger partial charge in [-0.05, 0) is 29.8 Å². The van der Waals surface area contributed by atoms with Crippen LogP contribution in [0.4, 0.5) is 0 Å². The molecule has 0 aliphatic carbocycles. The molecule has 6 nitrogen and oxygen atoms in total. The van der Waals surface area contributed by atoms with E-state index in [2.05, 4.69) is 9.71 Å². The van der Waals surface area contributed by atoms with E-state index in [1.54, 1.807) is 44.6 Å². The van der Waals surface area contributed by atoms with Crippen molar-refractivity contribution in [2.45, 2.75) is 11.4 Å². The number of methoxy groups -OCH3 is 2. The normalized spacial score (nSPS) is 16.7. The molecule has 0 radical (unpaired) electrons. The second kappa shape index (κ2) is 5.92. The molecule has 0 amide bonds. The molecule has 23 heavy (non-hydrogen) atoms. The molecule has 0 saturated heterocycles. The molecule has 1 heterocycles. The zero-order chi connectivity index (χ0) is 16.4. The lowest BCUT2D eigenvalue weighted by Crippen LogP contribution is -2.22. The fourth-order valence-electron chi connectivity index (χ4n) is 2.40. The summed E-state index contributed by atoms with van der Waals surface area (Å²) in [5, 5.41) is 0. The minimum absolute atomic E-state index is 0.256. The van der Waals surface area contributed by atoms with E-state index in [0.29, 0.717) is 29.4 Å². The molecule has 120 valence electrons. The van der Waals surface area contributed by atoms with Crippen LogP contribution in [0.5, 0.6) is 11.5 Å². The topological polar surface area (TPSA) is 77.0 Å². The van der Waals surface area contributed by atoms with Crippen LogP contribution in [-0.2, 0) is 16.6 Å². The predicted octanol–water partition coefficient (Wildman–Crippen LogP) is 1.94. The Labute approximate surface area is 134 Å². The summed E-state index contributed by atoms with van der Waals surface area (Å²) in [6, 6.07) is 12.2. The summed E-state index contributed by atoms with van der Waals surface area (Å²) in [5.74, 6) is 1.60. The van der Waals surface area contributed by atoms with Crippen molar-refractivity contribution in [2.75, 3.05) is 14.2 Å². The Morgan fingerprint density at radius 3 is 2.52 bits per heavy atom. The van der Waals surface area contributed by atoms with Gasteiger partial charge in [0.25, 0.3) is 10.0 Å². The SMILES string of the molecule is COc1ccc(CN=C2NS(=O)(=O)c3ccccc32)cc1OC. The lowest BCUT2D eigenvalue weighted by Gasteiger charge is -2.08. The van der Waals surface area contributed by atoms with Crippen molar-refractivity contribution in [3.05, 3.63) is 53.6 Å². The average Bonchev–Trinajstić information content (AvgIpc) is 2.84. The number of hydrogen-bond acceptors (Lipinski definition) is 5. The average molecular weight is 332 g/mol. The highest BCUT2D eigenvalue weighted by atomic mass is 32.2. The molecule has 2 aromatic carbocycles. The standard InChI is InChI=1S/C16H16N2O4S/c1-21-13-8-7-11(9-14(13)22-2)10-17-16-12-5-3-4-6-15(12)23(19,20)18-16/h3-9H,10H2,1-2H3,(H,17,18). The number of fused-ring (bicyclic) bond motifs is 1. The molecule has 1 aliphatic rings. The van der Waals surface area contributed by atoms with E-state index in [1.165, 1.54) is 0 Å². The summed E-state index contributed by atoms with van der Waals surface area (Å²) in [4.78, 5) is 4.65. The molecule has 1 N–H and O–H groups in total. The third-order valence-corrected chi connectivity index (χ3v) is 4.93. The monoisotopic (exact) mass is 332 g/mol. The van der Waals surface area contributed by atoms with Crippen molar-refractivity contribution in [2.24, 2.45) is 4.99 Å². The van der Waals surface area contributed by atoms with Gasteiger partial charge in [0.05, 0.1) is 25.7 Å². The van der Waals surface area contributed by atoms with E-state index >= 15 is 0 Å². The summed E-state index contributed by atoms with van der Waals surface area (Å²) in [6.45, 7) is 0.326. The number of ether oxygens (including phenoxy) is 2. The molecule has 0 bridgehead atoms. The van der Waals surface area contributed by atoms with Crippen molar-refractivity contribution < 1.29 is 17.9 Å². The van der Waals surface area contributed by atoms with Gasteiger partial charge < -0.3 is 9.47 Å². The van der Waals surface area contributed by atoms with Crippen LogP contribution in [0.2, 0.25) is 0 Å². The summed E-state index contributed by atoms with van der Waals surface area (Å²) < 4.78 is 37.0. The van der Waals surface area contributed by atoms with Crippen LogP contribution in [0.1, 0.15) is 11.1 Å². The van der Waals surface area contributed by atoms with Crippen LogP contribution in [0.15, 0.2) is 52.4 Å². The molecular weight excluding hydrogens is 316 g/mol. The van der Waals surface area contributed by atoms with Crippen LogP contribution in [-0.4, -0.2) is 28.5 Å². The predicted molar refractivity (Wildman–Crippen MR) is 86.6 cm³/mol. The molecule has 2 aromatic rings. The first kappa shape index (κ1) is 15.4. The first-order chi connectivity index (χ1) is 11.0. The first-order valence-electron chi connectivity index (χ1n) is 6.93. The van der Waals surface area contributed by atoms with Crippen molar-refractivity contribution in [1.82, 2.24) is 4.72 Å². The highest BCUT2D eigenvalue weighted by Gasteiger charge is 2.29. The van der Waals surface area contributed by atoms with E-state index in [1.807, 2.05) is 12.1 Å². The highest BCUT2D eigenvalue weighted by Crippen LogP contribution is 2.28. The second-order valence-corrected chi connectivity index (χ2v) is 6.61. The Morgan fingerprint density at radius 1 is 1.04 bits per heavy atom. The molecule has 3 rings (SSSR count). The number of amidine groups is 1. The third-order valence-electron chi connectivity index (χ3n) is 3.53. The number of aliphatic imine (C=N–C) groups is 1. The summed E-state index contributed by atoms with van der Waals surface area (Å²) in [7, 11) is -0.372. The second-order valence-electron chi connectivity index (χ2n) is 4.96. The number of benzene rings is 2. The largest absolute Gasteiger partial charge is 0.493 e. The lowest BCUT2D eigenvalue weighted by atomic mass is 10.2. The fraction of sp³-hybridized carbons (Fsp3) is 0.188. The minimum Gasteiger partial charge on any atom is -0.493 e. The molecule has 1 aliphatic heterocycles. The summed E-state index contributed by atoms with van der Waals surface area (Å²) in [5.41, 5.74) is 1.48. The molecule has 0 spiro atoms.